The molecule has 0 N–H and O–H groups in total. The number of hydrogen-bond donors (Lipinski definition) is 0. The van der Waals surface area contributed by atoms with Gasteiger partial charge in [-0.2, -0.15) is 0 Å². The standard InChI is InChI=1S/C13H15FO4/c1-4-17-13(16)12(15)10-6-5-9(7-11(10)14)18-8(2)3/h5-8H,4H2,1-3H3. The number of hydrogen-bond acceptors (Lipinski definition) is 4. The predicted molar refractivity (Wildman–Crippen MR) is 63.1 cm³/mol. The Hall–Kier alpha value is -1.91. The fourth-order valence-corrected chi connectivity index (χ4v) is 1.33. The minimum Gasteiger partial charge on any atom is -0.491 e. The molecule has 0 heterocycles. The average molecular weight is 254 g/mol. The zero-order valence-electron chi connectivity index (χ0n) is 10.5. The molecule has 0 spiro atoms. The Morgan fingerprint density at radius 2 is 2.00 bits per heavy atom. The van der Waals surface area contributed by atoms with Gasteiger partial charge in [0, 0.05) is 6.07 Å². The van der Waals surface area contributed by atoms with E-state index in [4.69, 9.17) is 4.74 Å². The highest BCUT2D eigenvalue weighted by molar-refractivity contribution is 6.40. The van der Waals surface area contributed by atoms with Crippen molar-refractivity contribution in [3.8, 4) is 5.75 Å². The maximum Gasteiger partial charge on any atom is 0.379 e. The summed E-state index contributed by atoms with van der Waals surface area (Å²) in [6.07, 6.45) is -0.101. The number of benzene rings is 1. The van der Waals surface area contributed by atoms with Gasteiger partial charge in [0.2, 0.25) is 0 Å². The Labute approximate surface area is 105 Å². The second-order valence-electron chi connectivity index (χ2n) is 3.86. The van der Waals surface area contributed by atoms with Gasteiger partial charge < -0.3 is 9.47 Å². The van der Waals surface area contributed by atoms with Crippen molar-refractivity contribution in [1.29, 1.82) is 0 Å². The first-order valence-corrected chi connectivity index (χ1v) is 5.63. The van der Waals surface area contributed by atoms with E-state index < -0.39 is 17.6 Å². The second kappa shape index (κ2) is 6.14. The lowest BCUT2D eigenvalue weighted by Gasteiger charge is -2.10. The third-order valence-electron chi connectivity index (χ3n) is 2.02. The molecule has 0 aliphatic heterocycles. The van der Waals surface area contributed by atoms with Crippen molar-refractivity contribution in [1.82, 2.24) is 0 Å². The third kappa shape index (κ3) is 3.55. The number of ether oxygens (including phenoxy) is 2. The molecule has 0 amide bonds. The van der Waals surface area contributed by atoms with Crippen LogP contribution in [0.2, 0.25) is 0 Å². The molecule has 98 valence electrons. The molecule has 1 aromatic carbocycles. The molecule has 0 aliphatic carbocycles. The number of halogens is 1. The number of carbonyl (C=O) groups is 2. The highest BCUT2D eigenvalue weighted by Crippen LogP contribution is 2.18. The summed E-state index contributed by atoms with van der Waals surface area (Å²) in [5.74, 6) is -2.55. The van der Waals surface area contributed by atoms with Gasteiger partial charge in [-0.05, 0) is 32.9 Å². The molecule has 1 aromatic rings. The molecular weight excluding hydrogens is 239 g/mol. The fraction of sp³-hybridized carbons (Fsp3) is 0.385. The molecule has 0 saturated carbocycles. The SMILES string of the molecule is CCOC(=O)C(=O)c1ccc(OC(C)C)cc1F. The average Bonchev–Trinajstić information content (AvgIpc) is 2.28. The van der Waals surface area contributed by atoms with E-state index in [0.717, 1.165) is 6.07 Å². The van der Waals surface area contributed by atoms with Crippen LogP contribution in [0.4, 0.5) is 4.39 Å². The molecule has 0 radical (unpaired) electrons. The van der Waals surface area contributed by atoms with Gasteiger partial charge in [-0.1, -0.05) is 0 Å². The first-order chi connectivity index (χ1) is 8.45. The number of esters is 1. The lowest BCUT2D eigenvalue weighted by atomic mass is 10.1. The van der Waals surface area contributed by atoms with E-state index in [9.17, 15) is 14.0 Å². The van der Waals surface area contributed by atoms with Crippen molar-refractivity contribution in [3.05, 3.63) is 29.6 Å². The summed E-state index contributed by atoms with van der Waals surface area (Å²) in [7, 11) is 0. The van der Waals surface area contributed by atoms with Crippen LogP contribution in [0.15, 0.2) is 18.2 Å². The quantitative estimate of drug-likeness (QED) is 0.460. The Morgan fingerprint density at radius 1 is 1.33 bits per heavy atom. The Bertz CT molecular complexity index is 454. The Kier molecular flexibility index (Phi) is 4.83. The van der Waals surface area contributed by atoms with E-state index in [2.05, 4.69) is 4.74 Å². The molecule has 0 aromatic heterocycles. The molecule has 0 unspecified atom stereocenters. The van der Waals surface area contributed by atoms with Crippen LogP contribution in [-0.2, 0) is 9.53 Å². The minimum atomic E-state index is -1.06. The van der Waals surface area contributed by atoms with Crippen LogP contribution in [0.5, 0.6) is 5.75 Å². The van der Waals surface area contributed by atoms with Crippen LogP contribution in [0.25, 0.3) is 0 Å². The van der Waals surface area contributed by atoms with E-state index in [1.54, 1.807) is 20.8 Å². The normalized spacial score (nSPS) is 10.3. The molecular formula is C13H15FO4. The second-order valence-corrected chi connectivity index (χ2v) is 3.86. The highest BCUT2D eigenvalue weighted by Gasteiger charge is 2.21. The van der Waals surface area contributed by atoms with Crippen molar-refractivity contribution < 1.29 is 23.5 Å². The third-order valence-corrected chi connectivity index (χ3v) is 2.02. The summed E-state index contributed by atoms with van der Waals surface area (Å²) in [6, 6.07) is 3.73. The number of Topliss-reactive ketones (excluding diaryl/α,β-unsaturated/α-hetero) is 1. The Balaban J connectivity index is 2.91. The van der Waals surface area contributed by atoms with Crippen molar-refractivity contribution in [2.45, 2.75) is 26.9 Å². The summed E-state index contributed by atoms with van der Waals surface area (Å²) in [5.41, 5.74) is -0.315. The summed E-state index contributed by atoms with van der Waals surface area (Å²) >= 11 is 0. The van der Waals surface area contributed by atoms with Crippen LogP contribution in [-0.4, -0.2) is 24.5 Å². The monoisotopic (exact) mass is 254 g/mol. The first kappa shape index (κ1) is 14.2. The molecule has 0 aliphatic rings. The Morgan fingerprint density at radius 3 is 2.50 bits per heavy atom. The lowest BCUT2D eigenvalue weighted by molar-refractivity contribution is -0.137. The molecule has 0 saturated heterocycles. The summed E-state index contributed by atoms with van der Waals surface area (Å²) in [5, 5.41) is 0. The van der Waals surface area contributed by atoms with E-state index >= 15 is 0 Å². The lowest BCUT2D eigenvalue weighted by Crippen LogP contribution is -2.19. The molecule has 4 nitrogen and oxygen atoms in total. The van der Waals surface area contributed by atoms with E-state index in [-0.39, 0.29) is 18.3 Å². The smallest absolute Gasteiger partial charge is 0.379 e. The summed E-state index contributed by atoms with van der Waals surface area (Å²) < 4.78 is 23.4. The number of carbonyl (C=O) groups excluding carboxylic acids is 2. The number of rotatable bonds is 5. The van der Waals surface area contributed by atoms with Crippen LogP contribution >= 0.6 is 0 Å². The first-order valence-electron chi connectivity index (χ1n) is 5.63. The van der Waals surface area contributed by atoms with E-state index in [1.165, 1.54) is 12.1 Å². The molecule has 0 bridgehead atoms. The largest absolute Gasteiger partial charge is 0.491 e. The maximum absolute atomic E-state index is 13.6. The number of ketones is 1. The van der Waals surface area contributed by atoms with Crippen molar-refractivity contribution in [2.75, 3.05) is 6.61 Å². The van der Waals surface area contributed by atoms with Gasteiger partial charge in [0.1, 0.15) is 11.6 Å². The van der Waals surface area contributed by atoms with Gasteiger partial charge in [-0.3, -0.25) is 4.79 Å². The maximum atomic E-state index is 13.6. The summed E-state index contributed by atoms with van der Waals surface area (Å²) in [4.78, 5) is 22.7. The zero-order valence-corrected chi connectivity index (χ0v) is 10.5. The molecule has 0 fully saturated rings. The van der Waals surface area contributed by atoms with E-state index in [1.807, 2.05) is 0 Å². The van der Waals surface area contributed by atoms with Gasteiger partial charge in [-0.25, -0.2) is 9.18 Å². The van der Waals surface area contributed by atoms with Crippen LogP contribution in [0, 0.1) is 5.82 Å². The van der Waals surface area contributed by atoms with Crippen LogP contribution < -0.4 is 4.74 Å². The van der Waals surface area contributed by atoms with Gasteiger partial charge in [0.05, 0.1) is 18.3 Å². The topological polar surface area (TPSA) is 52.6 Å². The van der Waals surface area contributed by atoms with Gasteiger partial charge >= 0.3 is 5.97 Å². The molecule has 5 heteroatoms. The van der Waals surface area contributed by atoms with Crippen molar-refractivity contribution >= 4 is 11.8 Å². The minimum absolute atomic E-state index is 0.0702. The van der Waals surface area contributed by atoms with E-state index in [0.29, 0.717) is 5.75 Å². The van der Waals surface area contributed by atoms with Crippen molar-refractivity contribution in [2.24, 2.45) is 0 Å². The van der Waals surface area contributed by atoms with Gasteiger partial charge in [0.15, 0.2) is 0 Å². The van der Waals surface area contributed by atoms with Gasteiger partial charge in [0.25, 0.3) is 5.78 Å². The summed E-state index contributed by atoms with van der Waals surface area (Å²) in [6.45, 7) is 5.24. The molecule has 0 atom stereocenters. The van der Waals surface area contributed by atoms with Gasteiger partial charge in [-0.15, -0.1) is 0 Å². The van der Waals surface area contributed by atoms with Crippen LogP contribution in [0.1, 0.15) is 31.1 Å². The predicted octanol–water partition coefficient (Wildman–Crippen LogP) is 2.36. The van der Waals surface area contributed by atoms with Crippen molar-refractivity contribution in [3.63, 3.8) is 0 Å². The fourth-order valence-electron chi connectivity index (χ4n) is 1.33. The zero-order chi connectivity index (χ0) is 13.7. The van der Waals surface area contributed by atoms with Crippen LogP contribution in [0.3, 0.4) is 0 Å². The molecule has 18 heavy (non-hydrogen) atoms. The highest BCUT2D eigenvalue weighted by atomic mass is 19.1. The molecule has 1 rings (SSSR count).